The molecule has 1 aromatic rings. The quantitative estimate of drug-likeness (QED) is 0.864. The first-order valence-electron chi connectivity index (χ1n) is 6.93. The molecule has 1 aromatic carbocycles. The van der Waals surface area contributed by atoms with Crippen LogP contribution in [0.25, 0.3) is 0 Å². The molecule has 0 spiro atoms. The van der Waals surface area contributed by atoms with E-state index in [1.807, 2.05) is 0 Å². The number of nitrogens with two attached hydrogens (primary N) is 1. The molecule has 2 aliphatic rings. The third-order valence-electron chi connectivity index (χ3n) is 4.12. The molecule has 2 heteroatoms. The highest BCUT2D eigenvalue weighted by Gasteiger charge is 2.30. The molecule has 1 fully saturated rings. The van der Waals surface area contributed by atoms with Crippen LogP contribution in [-0.4, -0.2) is 19.1 Å². The monoisotopic (exact) mass is 230 g/mol. The minimum atomic E-state index is 0.376. The summed E-state index contributed by atoms with van der Waals surface area (Å²) in [6.45, 7) is 2.22. The summed E-state index contributed by atoms with van der Waals surface area (Å²) in [6, 6.07) is 9.22. The van der Waals surface area contributed by atoms with Crippen LogP contribution in [0.5, 0.6) is 0 Å². The standard InChI is InChI=1S/C15H22N2/c16-14(12-8-9-12)11-17-10-4-3-6-13-5-1-2-7-15(13)17/h1-2,5,7,12,14H,3-4,6,8-11,16H2. The summed E-state index contributed by atoms with van der Waals surface area (Å²) in [5, 5.41) is 0. The van der Waals surface area contributed by atoms with Crippen LogP contribution in [0.15, 0.2) is 24.3 Å². The van der Waals surface area contributed by atoms with Gasteiger partial charge in [0.2, 0.25) is 0 Å². The van der Waals surface area contributed by atoms with Crippen molar-refractivity contribution in [2.24, 2.45) is 11.7 Å². The summed E-state index contributed by atoms with van der Waals surface area (Å²) in [6.07, 6.45) is 6.52. The molecule has 2 nitrogen and oxygen atoms in total. The molecule has 92 valence electrons. The van der Waals surface area contributed by atoms with Crippen molar-refractivity contribution < 1.29 is 0 Å². The number of fused-ring (bicyclic) bond motifs is 1. The molecule has 0 bridgehead atoms. The molecule has 1 heterocycles. The summed E-state index contributed by atoms with van der Waals surface area (Å²) in [4.78, 5) is 2.52. The molecular weight excluding hydrogens is 208 g/mol. The van der Waals surface area contributed by atoms with Gasteiger partial charge in [-0.2, -0.15) is 0 Å². The van der Waals surface area contributed by atoms with Crippen LogP contribution in [0, 0.1) is 5.92 Å². The average Bonchev–Trinajstić information content (AvgIpc) is 3.16. The van der Waals surface area contributed by atoms with E-state index in [0.29, 0.717) is 6.04 Å². The largest absolute Gasteiger partial charge is 0.370 e. The van der Waals surface area contributed by atoms with Gasteiger partial charge in [-0.05, 0) is 49.7 Å². The lowest BCUT2D eigenvalue weighted by Crippen LogP contribution is -2.39. The van der Waals surface area contributed by atoms with Gasteiger partial charge in [-0.1, -0.05) is 18.2 Å². The third-order valence-corrected chi connectivity index (χ3v) is 4.12. The topological polar surface area (TPSA) is 29.3 Å². The van der Waals surface area contributed by atoms with Crippen molar-refractivity contribution in [1.82, 2.24) is 0 Å². The lowest BCUT2D eigenvalue weighted by molar-refractivity contribution is 0.567. The van der Waals surface area contributed by atoms with Crippen LogP contribution >= 0.6 is 0 Å². The molecule has 0 amide bonds. The number of benzene rings is 1. The van der Waals surface area contributed by atoms with E-state index < -0.39 is 0 Å². The predicted molar refractivity (Wildman–Crippen MR) is 72.3 cm³/mol. The summed E-state index contributed by atoms with van der Waals surface area (Å²) in [7, 11) is 0. The van der Waals surface area contributed by atoms with Gasteiger partial charge in [0, 0.05) is 24.8 Å². The van der Waals surface area contributed by atoms with Crippen LogP contribution < -0.4 is 10.6 Å². The summed E-state index contributed by atoms with van der Waals surface area (Å²) in [5.74, 6) is 0.797. The zero-order valence-corrected chi connectivity index (χ0v) is 10.4. The molecule has 0 aromatic heterocycles. The van der Waals surface area contributed by atoms with Crippen molar-refractivity contribution >= 4 is 5.69 Å². The van der Waals surface area contributed by atoms with Crippen molar-refractivity contribution in [3.63, 3.8) is 0 Å². The van der Waals surface area contributed by atoms with Gasteiger partial charge in [0.1, 0.15) is 0 Å². The van der Waals surface area contributed by atoms with Gasteiger partial charge < -0.3 is 10.6 Å². The second-order valence-corrected chi connectivity index (χ2v) is 5.53. The van der Waals surface area contributed by atoms with Gasteiger partial charge in [0.15, 0.2) is 0 Å². The highest BCUT2D eigenvalue weighted by atomic mass is 15.1. The minimum Gasteiger partial charge on any atom is -0.370 e. The van der Waals surface area contributed by atoms with E-state index in [1.165, 1.54) is 49.9 Å². The Kier molecular flexibility index (Phi) is 3.06. The van der Waals surface area contributed by atoms with Gasteiger partial charge in [-0.15, -0.1) is 0 Å². The normalized spacial score (nSPS) is 21.8. The molecule has 0 saturated heterocycles. The van der Waals surface area contributed by atoms with Gasteiger partial charge >= 0.3 is 0 Å². The number of hydrogen-bond donors (Lipinski definition) is 1. The molecule has 17 heavy (non-hydrogen) atoms. The van der Waals surface area contributed by atoms with E-state index in [1.54, 1.807) is 0 Å². The van der Waals surface area contributed by atoms with Crippen LogP contribution in [0.4, 0.5) is 5.69 Å². The third kappa shape index (κ3) is 2.47. The Morgan fingerprint density at radius 1 is 1.24 bits per heavy atom. The Morgan fingerprint density at radius 2 is 2.06 bits per heavy atom. The number of para-hydroxylation sites is 1. The maximum atomic E-state index is 6.28. The van der Waals surface area contributed by atoms with Crippen LogP contribution in [0.1, 0.15) is 31.2 Å². The first kappa shape index (κ1) is 11.1. The van der Waals surface area contributed by atoms with E-state index in [-0.39, 0.29) is 0 Å². The van der Waals surface area contributed by atoms with Crippen molar-refractivity contribution in [3.05, 3.63) is 29.8 Å². The predicted octanol–water partition coefficient (Wildman–Crippen LogP) is 2.57. The lowest BCUT2D eigenvalue weighted by atomic mass is 10.1. The Bertz CT molecular complexity index is 384. The van der Waals surface area contributed by atoms with Gasteiger partial charge in [-0.25, -0.2) is 0 Å². The number of hydrogen-bond acceptors (Lipinski definition) is 2. The maximum Gasteiger partial charge on any atom is 0.0399 e. The average molecular weight is 230 g/mol. The molecule has 1 aliphatic carbocycles. The fraction of sp³-hybridized carbons (Fsp3) is 0.600. The fourth-order valence-electron chi connectivity index (χ4n) is 2.89. The Hall–Kier alpha value is -1.02. The Morgan fingerprint density at radius 3 is 2.88 bits per heavy atom. The van der Waals surface area contributed by atoms with Crippen LogP contribution in [0.3, 0.4) is 0 Å². The van der Waals surface area contributed by atoms with E-state index in [0.717, 1.165) is 12.5 Å². The number of rotatable bonds is 3. The first-order valence-corrected chi connectivity index (χ1v) is 6.93. The van der Waals surface area contributed by atoms with Crippen molar-refractivity contribution in [3.8, 4) is 0 Å². The van der Waals surface area contributed by atoms with Gasteiger partial charge in [0.25, 0.3) is 0 Å². The summed E-state index contributed by atoms with van der Waals surface area (Å²) in [5.41, 5.74) is 9.22. The molecule has 3 rings (SSSR count). The second-order valence-electron chi connectivity index (χ2n) is 5.53. The summed E-state index contributed by atoms with van der Waals surface area (Å²) >= 11 is 0. The smallest absolute Gasteiger partial charge is 0.0399 e. The molecule has 1 unspecified atom stereocenters. The number of aryl methyl sites for hydroxylation is 1. The second kappa shape index (κ2) is 4.69. The van der Waals surface area contributed by atoms with Gasteiger partial charge in [0.05, 0.1) is 0 Å². The van der Waals surface area contributed by atoms with Crippen molar-refractivity contribution in [2.45, 2.75) is 38.1 Å². The molecule has 1 saturated carbocycles. The molecular formula is C15H22N2. The molecule has 0 radical (unpaired) electrons. The van der Waals surface area contributed by atoms with Crippen molar-refractivity contribution in [1.29, 1.82) is 0 Å². The zero-order valence-electron chi connectivity index (χ0n) is 10.4. The molecule has 2 N–H and O–H groups in total. The lowest BCUT2D eigenvalue weighted by Gasteiger charge is -2.28. The minimum absolute atomic E-state index is 0.376. The molecule has 1 atom stereocenters. The fourth-order valence-corrected chi connectivity index (χ4v) is 2.89. The van der Waals surface area contributed by atoms with E-state index in [9.17, 15) is 0 Å². The van der Waals surface area contributed by atoms with Crippen LogP contribution in [0.2, 0.25) is 0 Å². The van der Waals surface area contributed by atoms with Crippen LogP contribution in [-0.2, 0) is 6.42 Å². The van der Waals surface area contributed by atoms with Gasteiger partial charge in [-0.3, -0.25) is 0 Å². The number of nitrogens with zero attached hydrogens (tertiary/aromatic N) is 1. The van der Waals surface area contributed by atoms with E-state index in [4.69, 9.17) is 5.73 Å². The SMILES string of the molecule is NC(CN1CCCCc2ccccc21)C1CC1. The maximum absolute atomic E-state index is 6.28. The Labute approximate surface area is 104 Å². The zero-order chi connectivity index (χ0) is 11.7. The number of anilines is 1. The van der Waals surface area contributed by atoms with Crippen molar-refractivity contribution in [2.75, 3.05) is 18.0 Å². The highest BCUT2D eigenvalue weighted by Crippen LogP contribution is 2.33. The molecule has 1 aliphatic heterocycles. The Balaban J connectivity index is 1.78. The van der Waals surface area contributed by atoms with E-state index in [2.05, 4.69) is 29.2 Å². The first-order chi connectivity index (χ1) is 8.34. The highest BCUT2D eigenvalue weighted by molar-refractivity contribution is 5.54. The van der Waals surface area contributed by atoms with E-state index >= 15 is 0 Å². The summed E-state index contributed by atoms with van der Waals surface area (Å²) < 4.78 is 0.